The highest BCUT2D eigenvalue weighted by Crippen LogP contribution is 2.64. The van der Waals surface area contributed by atoms with Crippen LogP contribution in [-0.4, -0.2) is 42.3 Å². The van der Waals surface area contributed by atoms with Crippen LogP contribution in [0.1, 0.15) is 6.42 Å². The fourth-order valence-electron chi connectivity index (χ4n) is 1.50. The van der Waals surface area contributed by atoms with E-state index >= 15 is 0 Å². The van der Waals surface area contributed by atoms with Gasteiger partial charge in [-0.2, -0.15) is 0 Å². The smallest absolute Gasteiger partial charge is 0.132 e. The third-order valence-electron chi connectivity index (χ3n) is 2.44. The molecule has 0 aromatic heterocycles. The predicted octanol–water partition coefficient (Wildman–Crippen LogP) is 1.84. The second-order valence-corrected chi connectivity index (χ2v) is 10.6. The van der Waals surface area contributed by atoms with Crippen LogP contribution < -0.4 is 0 Å². The SMILES string of the molecule is C#CC1CCN(C)P(=S)(SC)N1C. The molecule has 0 amide bonds. The predicted molar refractivity (Wildman–Crippen MR) is 65.4 cm³/mol. The summed E-state index contributed by atoms with van der Waals surface area (Å²) in [4.78, 5) is 0. The summed E-state index contributed by atoms with van der Waals surface area (Å²) in [6.45, 7) is 1.03. The van der Waals surface area contributed by atoms with Gasteiger partial charge in [0.15, 0.2) is 0 Å². The van der Waals surface area contributed by atoms with Crippen LogP contribution in [0, 0.1) is 12.3 Å². The van der Waals surface area contributed by atoms with E-state index in [0.29, 0.717) is 0 Å². The minimum atomic E-state index is -1.57. The molecular formula is C8H15N2PS2. The minimum Gasteiger partial charge on any atom is -0.259 e. The Hall–Kier alpha value is 0.480. The van der Waals surface area contributed by atoms with Crippen molar-refractivity contribution >= 4 is 28.7 Å². The topological polar surface area (TPSA) is 6.48 Å². The third kappa shape index (κ3) is 1.95. The van der Waals surface area contributed by atoms with E-state index in [0.717, 1.165) is 13.0 Å². The molecule has 0 aliphatic carbocycles. The Balaban J connectivity index is 2.92. The molecule has 1 aliphatic heterocycles. The molecule has 0 radical (unpaired) electrons. The summed E-state index contributed by atoms with van der Waals surface area (Å²) < 4.78 is 4.48. The molecule has 2 atom stereocenters. The van der Waals surface area contributed by atoms with Gasteiger partial charge in [0, 0.05) is 6.54 Å². The first kappa shape index (κ1) is 11.6. The van der Waals surface area contributed by atoms with Gasteiger partial charge < -0.3 is 0 Å². The number of hydrogen-bond acceptors (Lipinski definition) is 2. The monoisotopic (exact) mass is 234 g/mol. The van der Waals surface area contributed by atoms with Gasteiger partial charge in [0.05, 0.1) is 6.04 Å². The Morgan fingerprint density at radius 3 is 2.69 bits per heavy atom. The Bertz CT molecular complexity index is 274. The maximum atomic E-state index is 5.67. The standard InChI is InChI=1S/C8H15N2PS2/c1-5-8-6-7-9(2)11(12,13-4)10(8)3/h1,8H,6-7H2,2-4H3. The van der Waals surface area contributed by atoms with E-state index in [2.05, 4.69) is 35.6 Å². The van der Waals surface area contributed by atoms with Gasteiger partial charge in [0.1, 0.15) is 5.54 Å². The average molecular weight is 234 g/mol. The molecule has 0 spiro atoms. The van der Waals surface area contributed by atoms with Gasteiger partial charge in [0.2, 0.25) is 0 Å². The van der Waals surface area contributed by atoms with E-state index < -0.39 is 5.54 Å². The Morgan fingerprint density at radius 1 is 1.62 bits per heavy atom. The van der Waals surface area contributed by atoms with Gasteiger partial charge in [-0.05, 0) is 26.8 Å². The van der Waals surface area contributed by atoms with Gasteiger partial charge in [-0.3, -0.25) is 4.67 Å². The zero-order valence-electron chi connectivity index (χ0n) is 8.23. The molecule has 2 nitrogen and oxygen atoms in total. The molecule has 1 rings (SSSR count). The zero-order chi connectivity index (χ0) is 10.1. The van der Waals surface area contributed by atoms with E-state index in [-0.39, 0.29) is 6.04 Å². The Morgan fingerprint density at radius 2 is 2.23 bits per heavy atom. The molecule has 74 valence electrons. The van der Waals surface area contributed by atoms with E-state index in [9.17, 15) is 0 Å². The molecule has 0 aromatic carbocycles. The quantitative estimate of drug-likeness (QED) is 0.504. The van der Waals surface area contributed by atoms with Crippen molar-refractivity contribution in [3.8, 4) is 12.3 Å². The van der Waals surface area contributed by atoms with Gasteiger partial charge >= 0.3 is 0 Å². The van der Waals surface area contributed by atoms with E-state index in [1.54, 1.807) is 11.4 Å². The summed E-state index contributed by atoms with van der Waals surface area (Å²) in [5.41, 5.74) is -1.57. The summed E-state index contributed by atoms with van der Waals surface area (Å²) in [7, 11) is 4.15. The van der Waals surface area contributed by atoms with Crippen LogP contribution in [0.2, 0.25) is 0 Å². The van der Waals surface area contributed by atoms with Gasteiger partial charge in [-0.15, -0.1) is 6.42 Å². The van der Waals surface area contributed by atoms with Gasteiger partial charge in [-0.25, -0.2) is 4.67 Å². The lowest BCUT2D eigenvalue weighted by Crippen LogP contribution is -2.40. The molecule has 2 unspecified atom stereocenters. The van der Waals surface area contributed by atoms with Crippen LogP contribution in [0.3, 0.4) is 0 Å². The summed E-state index contributed by atoms with van der Waals surface area (Å²) in [6.07, 6.45) is 8.57. The highest BCUT2D eigenvalue weighted by Gasteiger charge is 2.35. The Kier molecular flexibility index (Phi) is 3.85. The second-order valence-electron chi connectivity index (χ2n) is 3.10. The molecule has 1 aliphatic rings. The van der Waals surface area contributed by atoms with Gasteiger partial charge in [0.25, 0.3) is 0 Å². The van der Waals surface area contributed by atoms with Crippen molar-refractivity contribution in [2.24, 2.45) is 0 Å². The van der Waals surface area contributed by atoms with Crippen molar-refractivity contribution in [1.29, 1.82) is 0 Å². The largest absolute Gasteiger partial charge is 0.259 e. The molecule has 0 bridgehead atoms. The first-order valence-corrected chi connectivity index (χ1v) is 8.67. The van der Waals surface area contributed by atoms with E-state index in [4.69, 9.17) is 18.2 Å². The van der Waals surface area contributed by atoms with Crippen molar-refractivity contribution in [1.82, 2.24) is 9.34 Å². The molecule has 0 aromatic rings. The molecule has 0 saturated carbocycles. The number of terminal acetylenes is 1. The molecule has 13 heavy (non-hydrogen) atoms. The molecular weight excluding hydrogens is 219 g/mol. The molecule has 0 N–H and O–H groups in total. The number of hydrogen-bond donors (Lipinski definition) is 0. The van der Waals surface area contributed by atoms with Crippen molar-refractivity contribution in [2.75, 3.05) is 26.9 Å². The lowest BCUT2D eigenvalue weighted by Gasteiger charge is -2.44. The van der Waals surface area contributed by atoms with Crippen molar-refractivity contribution < 1.29 is 0 Å². The van der Waals surface area contributed by atoms with Crippen molar-refractivity contribution in [3.63, 3.8) is 0 Å². The highest BCUT2D eigenvalue weighted by molar-refractivity contribution is 8.69. The van der Waals surface area contributed by atoms with Crippen molar-refractivity contribution in [3.05, 3.63) is 0 Å². The van der Waals surface area contributed by atoms with E-state index in [1.165, 1.54) is 0 Å². The molecule has 1 heterocycles. The normalized spacial score (nSPS) is 37.2. The summed E-state index contributed by atoms with van der Waals surface area (Å²) in [6, 6.07) is 0.231. The lowest BCUT2D eigenvalue weighted by atomic mass is 10.2. The second kappa shape index (κ2) is 4.33. The first-order valence-electron chi connectivity index (χ1n) is 4.13. The average Bonchev–Trinajstić information content (AvgIpc) is 2.15. The molecule has 1 fully saturated rings. The van der Waals surface area contributed by atoms with E-state index in [1.807, 2.05) is 0 Å². The number of nitrogens with zero attached hydrogens (tertiary/aromatic N) is 2. The van der Waals surface area contributed by atoms with Crippen LogP contribution in [-0.2, 0) is 11.8 Å². The highest BCUT2D eigenvalue weighted by atomic mass is 32.9. The lowest BCUT2D eigenvalue weighted by molar-refractivity contribution is 0.346. The van der Waals surface area contributed by atoms with Crippen LogP contribution in [0.5, 0.6) is 0 Å². The molecule has 5 heteroatoms. The zero-order valence-corrected chi connectivity index (χ0v) is 10.8. The van der Waals surface area contributed by atoms with Crippen molar-refractivity contribution in [2.45, 2.75) is 12.5 Å². The fraction of sp³-hybridized carbons (Fsp3) is 0.750. The maximum absolute atomic E-state index is 5.67. The first-order chi connectivity index (χ1) is 6.06. The minimum absolute atomic E-state index is 0.231. The Labute approximate surface area is 89.9 Å². The maximum Gasteiger partial charge on any atom is 0.132 e. The van der Waals surface area contributed by atoms with Crippen LogP contribution in [0.4, 0.5) is 0 Å². The number of rotatable bonds is 1. The molecule has 1 saturated heterocycles. The summed E-state index contributed by atoms with van der Waals surface area (Å²) in [5, 5.41) is 0. The van der Waals surface area contributed by atoms with Crippen LogP contribution in [0.25, 0.3) is 0 Å². The van der Waals surface area contributed by atoms with Crippen LogP contribution >= 0.6 is 16.9 Å². The third-order valence-corrected chi connectivity index (χ3v) is 11.0. The summed E-state index contributed by atoms with van der Waals surface area (Å²) >= 11 is 7.44. The fourth-order valence-corrected chi connectivity index (χ4v) is 6.20. The van der Waals surface area contributed by atoms with Crippen LogP contribution in [0.15, 0.2) is 0 Å². The van der Waals surface area contributed by atoms with Gasteiger partial charge in [-0.1, -0.05) is 29.1 Å². The summed E-state index contributed by atoms with van der Waals surface area (Å²) in [5.74, 6) is 2.81.